The molecule has 1 fully saturated rings. The van der Waals surface area contributed by atoms with Gasteiger partial charge in [-0.05, 0) is 37.1 Å². The molecule has 5 nitrogen and oxygen atoms in total. The average molecular weight is 247 g/mol. The van der Waals surface area contributed by atoms with E-state index < -0.39 is 0 Å². The Morgan fingerprint density at radius 1 is 1.22 bits per heavy atom. The van der Waals surface area contributed by atoms with Crippen molar-refractivity contribution in [2.45, 2.75) is 12.8 Å². The van der Waals surface area contributed by atoms with Gasteiger partial charge in [-0.1, -0.05) is 0 Å². The number of nitrogens with one attached hydrogen (secondary N) is 2. The van der Waals surface area contributed by atoms with E-state index in [1.807, 2.05) is 0 Å². The molecule has 1 aliphatic carbocycles. The van der Waals surface area contributed by atoms with E-state index in [0.29, 0.717) is 18.7 Å². The van der Waals surface area contributed by atoms with Crippen LogP contribution in [-0.2, 0) is 4.79 Å². The zero-order valence-corrected chi connectivity index (χ0v) is 10.1. The molecule has 0 saturated heterocycles. The summed E-state index contributed by atoms with van der Waals surface area (Å²) in [5, 5.41) is 5.51. The van der Waals surface area contributed by atoms with E-state index in [-0.39, 0.29) is 17.7 Å². The number of anilines is 1. The first-order chi connectivity index (χ1) is 8.70. The van der Waals surface area contributed by atoms with Gasteiger partial charge in [0, 0.05) is 30.3 Å². The van der Waals surface area contributed by atoms with Gasteiger partial charge < -0.3 is 16.4 Å². The average Bonchev–Trinajstić information content (AvgIpc) is 3.21. The molecule has 2 rings (SSSR count). The van der Waals surface area contributed by atoms with Gasteiger partial charge in [0.1, 0.15) is 0 Å². The Labute approximate surface area is 106 Å². The summed E-state index contributed by atoms with van der Waals surface area (Å²) < 4.78 is 0. The van der Waals surface area contributed by atoms with E-state index in [4.69, 9.17) is 5.73 Å². The lowest BCUT2D eigenvalue weighted by Crippen LogP contribution is -2.28. The van der Waals surface area contributed by atoms with Crippen molar-refractivity contribution >= 4 is 17.5 Å². The number of nitrogens with two attached hydrogens (primary N) is 1. The molecule has 96 valence electrons. The second kappa shape index (κ2) is 5.64. The van der Waals surface area contributed by atoms with Crippen LogP contribution in [0.3, 0.4) is 0 Å². The molecule has 0 aliphatic heterocycles. The van der Waals surface area contributed by atoms with Crippen molar-refractivity contribution in [1.29, 1.82) is 0 Å². The highest BCUT2D eigenvalue weighted by atomic mass is 16.2. The minimum Gasteiger partial charge on any atom is -0.351 e. The third-order valence-corrected chi connectivity index (χ3v) is 2.79. The molecule has 4 N–H and O–H groups in total. The van der Waals surface area contributed by atoms with Crippen molar-refractivity contribution in [2.75, 3.05) is 18.4 Å². The summed E-state index contributed by atoms with van der Waals surface area (Å²) in [5.74, 6) is 0.0911. The van der Waals surface area contributed by atoms with Crippen LogP contribution in [0.2, 0.25) is 0 Å². The lowest BCUT2D eigenvalue weighted by molar-refractivity contribution is -0.117. The van der Waals surface area contributed by atoms with Crippen molar-refractivity contribution in [1.82, 2.24) is 5.32 Å². The standard InChI is InChI=1S/C13H17N3O2/c14-7-8-15-12(17)9-3-5-11(6-4-9)16-13(18)10-1-2-10/h3-6,10H,1-2,7-8,14H2,(H,15,17)(H,16,18). The maximum Gasteiger partial charge on any atom is 0.251 e. The fourth-order valence-electron chi connectivity index (χ4n) is 1.58. The second-order valence-electron chi connectivity index (χ2n) is 4.39. The monoisotopic (exact) mass is 247 g/mol. The smallest absolute Gasteiger partial charge is 0.251 e. The highest BCUT2D eigenvalue weighted by Crippen LogP contribution is 2.30. The Bertz CT molecular complexity index is 438. The summed E-state index contributed by atoms with van der Waals surface area (Å²) in [6, 6.07) is 6.85. The summed E-state index contributed by atoms with van der Waals surface area (Å²) >= 11 is 0. The molecular formula is C13H17N3O2. The van der Waals surface area contributed by atoms with Crippen LogP contribution < -0.4 is 16.4 Å². The van der Waals surface area contributed by atoms with Crippen LogP contribution in [0, 0.1) is 5.92 Å². The number of amides is 2. The Morgan fingerprint density at radius 2 is 1.89 bits per heavy atom. The molecule has 0 bridgehead atoms. The van der Waals surface area contributed by atoms with Gasteiger partial charge in [-0.25, -0.2) is 0 Å². The Balaban J connectivity index is 1.92. The molecule has 0 spiro atoms. The summed E-state index contributed by atoms with van der Waals surface area (Å²) in [7, 11) is 0. The van der Waals surface area contributed by atoms with Crippen LogP contribution in [0.25, 0.3) is 0 Å². The van der Waals surface area contributed by atoms with Crippen molar-refractivity contribution < 1.29 is 9.59 Å². The first-order valence-electron chi connectivity index (χ1n) is 6.10. The molecule has 0 radical (unpaired) electrons. The highest BCUT2D eigenvalue weighted by Gasteiger charge is 2.29. The van der Waals surface area contributed by atoms with Gasteiger partial charge in [-0.2, -0.15) is 0 Å². The van der Waals surface area contributed by atoms with Crippen molar-refractivity contribution in [3.8, 4) is 0 Å². The van der Waals surface area contributed by atoms with E-state index >= 15 is 0 Å². The van der Waals surface area contributed by atoms with E-state index in [0.717, 1.165) is 18.5 Å². The Morgan fingerprint density at radius 3 is 2.44 bits per heavy atom. The SMILES string of the molecule is NCCNC(=O)c1ccc(NC(=O)C2CC2)cc1. The summed E-state index contributed by atoms with van der Waals surface area (Å²) in [4.78, 5) is 23.1. The van der Waals surface area contributed by atoms with Crippen LogP contribution in [0.15, 0.2) is 24.3 Å². The van der Waals surface area contributed by atoms with Gasteiger partial charge in [-0.3, -0.25) is 9.59 Å². The molecule has 1 aromatic carbocycles. The third kappa shape index (κ3) is 3.30. The minimum absolute atomic E-state index is 0.0651. The van der Waals surface area contributed by atoms with E-state index in [1.54, 1.807) is 24.3 Å². The minimum atomic E-state index is -0.152. The number of carbonyl (C=O) groups is 2. The van der Waals surface area contributed by atoms with E-state index in [1.165, 1.54) is 0 Å². The number of rotatable bonds is 5. The number of benzene rings is 1. The molecule has 18 heavy (non-hydrogen) atoms. The lowest BCUT2D eigenvalue weighted by atomic mass is 10.2. The first-order valence-corrected chi connectivity index (χ1v) is 6.10. The molecule has 0 unspecified atom stereocenters. The maximum atomic E-state index is 11.6. The normalized spacial score (nSPS) is 14.1. The summed E-state index contributed by atoms with van der Waals surface area (Å²) in [6.45, 7) is 0.875. The Hall–Kier alpha value is -1.88. The lowest BCUT2D eigenvalue weighted by Gasteiger charge is -2.06. The summed E-state index contributed by atoms with van der Waals surface area (Å²) in [6.07, 6.45) is 1.96. The first kappa shape index (κ1) is 12.6. The highest BCUT2D eigenvalue weighted by molar-refractivity contribution is 5.96. The fraction of sp³-hybridized carbons (Fsp3) is 0.385. The molecular weight excluding hydrogens is 230 g/mol. The van der Waals surface area contributed by atoms with Gasteiger partial charge in [0.15, 0.2) is 0 Å². The number of hydrogen-bond donors (Lipinski definition) is 3. The van der Waals surface area contributed by atoms with E-state index in [2.05, 4.69) is 10.6 Å². The third-order valence-electron chi connectivity index (χ3n) is 2.79. The topological polar surface area (TPSA) is 84.2 Å². The zero-order valence-electron chi connectivity index (χ0n) is 10.1. The molecule has 1 aliphatic rings. The van der Waals surface area contributed by atoms with Crippen LogP contribution in [-0.4, -0.2) is 24.9 Å². The zero-order chi connectivity index (χ0) is 13.0. The van der Waals surface area contributed by atoms with Crippen LogP contribution >= 0.6 is 0 Å². The second-order valence-corrected chi connectivity index (χ2v) is 4.39. The molecule has 0 atom stereocenters. The van der Waals surface area contributed by atoms with E-state index in [9.17, 15) is 9.59 Å². The molecule has 0 heterocycles. The molecule has 5 heteroatoms. The van der Waals surface area contributed by atoms with Crippen molar-refractivity contribution in [3.63, 3.8) is 0 Å². The van der Waals surface area contributed by atoms with Crippen LogP contribution in [0.5, 0.6) is 0 Å². The fourth-order valence-corrected chi connectivity index (χ4v) is 1.58. The Kier molecular flexibility index (Phi) is 3.94. The van der Waals surface area contributed by atoms with Crippen molar-refractivity contribution in [3.05, 3.63) is 29.8 Å². The summed E-state index contributed by atoms with van der Waals surface area (Å²) in [5.41, 5.74) is 6.59. The number of carbonyl (C=O) groups excluding carboxylic acids is 2. The molecule has 2 amide bonds. The van der Waals surface area contributed by atoms with Crippen molar-refractivity contribution in [2.24, 2.45) is 11.7 Å². The van der Waals surface area contributed by atoms with Crippen LogP contribution in [0.1, 0.15) is 23.2 Å². The predicted molar refractivity (Wildman–Crippen MR) is 69.2 cm³/mol. The molecule has 1 aromatic rings. The predicted octanol–water partition coefficient (Wildman–Crippen LogP) is 0.724. The molecule has 0 aromatic heterocycles. The van der Waals surface area contributed by atoms with Gasteiger partial charge in [0.2, 0.25) is 5.91 Å². The largest absolute Gasteiger partial charge is 0.351 e. The van der Waals surface area contributed by atoms with Gasteiger partial charge >= 0.3 is 0 Å². The quantitative estimate of drug-likeness (QED) is 0.717. The van der Waals surface area contributed by atoms with Crippen LogP contribution in [0.4, 0.5) is 5.69 Å². The van der Waals surface area contributed by atoms with Gasteiger partial charge in [0.05, 0.1) is 0 Å². The van der Waals surface area contributed by atoms with Gasteiger partial charge in [0.25, 0.3) is 5.91 Å². The molecule has 1 saturated carbocycles. The maximum absolute atomic E-state index is 11.6. The number of hydrogen-bond acceptors (Lipinski definition) is 3. The van der Waals surface area contributed by atoms with Gasteiger partial charge in [-0.15, -0.1) is 0 Å².